The first kappa shape index (κ1) is 21.3. The average molecular weight is 436 g/mol. The summed E-state index contributed by atoms with van der Waals surface area (Å²) in [5, 5.41) is 5.03. The molecule has 1 aromatic heterocycles. The van der Waals surface area contributed by atoms with Crippen molar-refractivity contribution >= 4 is 46.4 Å². The van der Waals surface area contributed by atoms with E-state index in [0.717, 1.165) is 6.42 Å². The molecule has 9 heteroatoms. The number of nitrogens with one attached hydrogen (secondary N) is 1. The van der Waals surface area contributed by atoms with Crippen molar-refractivity contribution < 1.29 is 19.1 Å². The van der Waals surface area contributed by atoms with E-state index in [-0.39, 0.29) is 18.4 Å². The van der Waals surface area contributed by atoms with Gasteiger partial charge in [0.2, 0.25) is 5.91 Å². The molecule has 0 bridgehead atoms. The maximum atomic E-state index is 12.7. The number of hydrogen-bond donors (Lipinski definition) is 1. The molecule has 2 amide bonds. The third-order valence-corrected chi connectivity index (χ3v) is 5.75. The van der Waals surface area contributed by atoms with Crippen molar-refractivity contribution in [2.75, 3.05) is 45.2 Å². The van der Waals surface area contributed by atoms with Gasteiger partial charge in [0.15, 0.2) is 0 Å². The summed E-state index contributed by atoms with van der Waals surface area (Å²) in [5.74, 6) is -0.733. The Balaban J connectivity index is 1.54. The smallest absolute Gasteiger partial charge is 0.350 e. The minimum absolute atomic E-state index is 0.0557. The molecule has 29 heavy (non-hydrogen) atoms. The highest BCUT2D eigenvalue weighted by atomic mass is 35.5. The quantitative estimate of drug-likeness (QED) is 0.730. The highest BCUT2D eigenvalue weighted by Crippen LogP contribution is 2.23. The van der Waals surface area contributed by atoms with Gasteiger partial charge in [-0.3, -0.25) is 14.5 Å². The maximum absolute atomic E-state index is 12.7. The number of ether oxygens (including phenoxy) is 1. The molecule has 1 aliphatic heterocycles. The molecule has 1 N–H and O–H groups in total. The predicted octanol–water partition coefficient (Wildman–Crippen LogP) is 2.97. The molecular weight excluding hydrogens is 414 g/mol. The lowest BCUT2D eigenvalue weighted by Gasteiger charge is -2.22. The van der Waals surface area contributed by atoms with Crippen molar-refractivity contribution in [3.63, 3.8) is 0 Å². The summed E-state index contributed by atoms with van der Waals surface area (Å²) in [6.07, 6.45) is 0.769. The zero-order valence-electron chi connectivity index (χ0n) is 16.0. The second-order valence-corrected chi connectivity index (χ2v) is 7.99. The van der Waals surface area contributed by atoms with Crippen molar-refractivity contribution in [3.8, 4) is 0 Å². The molecule has 3 rings (SSSR count). The fourth-order valence-electron chi connectivity index (χ4n) is 3.19. The molecule has 1 fully saturated rings. The van der Waals surface area contributed by atoms with E-state index in [0.29, 0.717) is 47.3 Å². The second-order valence-electron chi connectivity index (χ2n) is 6.64. The SMILES string of the molecule is COC(=O)c1sccc1NC(=O)CN1CCCN(C(=O)c2cccc(Cl)c2)CC1. The number of anilines is 1. The molecule has 1 aromatic carbocycles. The number of carbonyl (C=O) groups is 3. The number of benzene rings is 1. The van der Waals surface area contributed by atoms with E-state index in [2.05, 4.69) is 5.32 Å². The molecule has 154 valence electrons. The second kappa shape index (κ2) is 9.87. The van der Waals surface area contributed by atoms with Gasteiger partial charge < -0.3 is 15.0 Å². The molecule has 2 aromatic rings. The van der Waals surface area contributed by atoms with Crippen LogP contribution < -0.4 is 5.32 Å². The Morgan fingerprint density at radius 1 is 1.17 bits per heavy atom. The molecule has 0 spiro atoms. The standard InChI is InChI=1S/C20H22ClN3O4S/c1-28-20(27)18-16(6-11-29-18)22-17(25)13-23-7-3-8-24(10-9-23)19(26)14-4-2-5-15(21)12-14/h2,4-6,11-12H,3,7-10,13H2,1H3,(H,22,25). The number of rotatable bonds is 5. The van der Waals surface area contributed by atoms with Crippen molar-refractivity contribution in [3.05, 3.63) is 51.2 Å². The third-order valence-electron chi connectivity index (χ3n) is 4.62. The number of carbonyl (C=O) groups excluding carboxylic acids is 3. The van der Waals surface area contributed by atoms with E-state index in [4.69, 9.17) is 16.3 Å². The van der Waals surface area contributed by atoms with Gasteiger partial charge in [-0.2, -0.15) is 0 Å². The summed E-state index contributed by atoms with van der Waals surface area (Å²) in [4.78, 5) is 41.0. The van der Waals surface area contributed by atoms with Crippen molar-refractivity contribution in [2.24, 2.45) is 0 Å². The summed E-state index contributed by atoms with van der Waals surface area (Å²) in [6.45, 7) is 2.65. The van der Waals surface area contributed by atoms with Gasteiger partial charge >= 0.3 is 5.97 Å². The minimum Gasteiger partial charge on any atom is -0.465 e. The number of nitrogens with zero attached hydrogens (tertiary/aromatic N) is 2. The molecule has 0 radical (unpaired) electrons. The van der Waals surface area contributed by atoms with Crippen LogP contribution in [0.4, 0.5) is 5.69 Å². The number of amides is 2. The first-order chi connectivity index (χ1) is 14.0. The summed E-state index contributed by atoms with van der Waals surface area (Å²) in [7, 11) is 1.31. The Bertz CT molecular complexity index is 901. The fraction of sp³-hybridized carbons (Fsp3) is 0.350. The topological polar surface area (TPSA) is 79.0 Å². The zero-order chi connectivity index (χ0) is 20.8. The first-order valence-corrected chi connectivity index (χ1v) is 10.5. The normalized spacial score (nSPS) is 14.9. The van der Waals surface area contributed by atoms with Gasteiger partial charge in [-0.15, -0.1) is 11.3 Å². The number of esters is 1. The largest absolute Gasteiger partial charge is 0.465 e. The van der Waals surface area contributed by atoms with Crippen molar-refractivity contribution in [2.45, 2.75) is 6.42 Å². The van der Waals surface area contributed by atoms with Gasteiger partial charge in [0.05, 0.1) is 19.3 Å². The first-order valence-electron chi connectivity index (χ1n) is 9.21. The van der Waals surface area contributed by atoms with Gasteiger partial charge in [0.25, 0.3) is 5.91 Å². The molecule has 0 saturated carbocycles. The van der Waals surface area contributed by atoms with E-state index in [1.165, 1.54) is 18.4 Å². The number of methoxy groups -OCH3 is 1. The van der Waals surface area contributed by atoms with Gasteiger partial charge in [-0.1, -0.05) is 17.7 Å². The average Bonchev–Trinajstić information content (AvgIpc) is 3.04. The summed E-state index contributed by atoms with van der Waals surface area (Å²) < 4.78 is 4.73. The highest BCUT2D eigenvalue weighted by Gasteiger charge is 2.22. The number of thiophene rings is 1. The van der Waals surface area contributed by atoms with E-state index in [1.807, 2.05) is 4.90 Å². The van der Waals surface area contributed by atoms with Crippen LogP contribution in [-0.4, -0.2) is 67.4 Å². The Morgan fingerprint density at radius 3 is 2.76 bits per heavy atom. The van der Waals surface area contributed by atoms with Crippen molar-refractivity contribution in [1.82, 2.24) is 9.80 Å². The van der Waals surface area contributed by atoms with Crippen LogP contribution in [-0.2, 0) is 9.53 Å². The molecule has 0 aliphatic carbocycles. The summed E-state index contributed by atoms with van der Waals surface area (Å²) in [5.41, 5.74) is 1.02. The molecule has 0 atom stereocenters. The van der Waals surface area contributed by atoms with E-state index in [1.54, 1.807) is 40.6 Å². The van der Waals surface area contributed by atoms with Crippen LogP contribution in [0.1, 0.15) is 26.5 Å². The molecule has 2 heterocycles. The highest BCUT2D eigenvalue weighted by molar-refractivity contribution is 7.12. The van der Waals surface area contributed by atoms with E-state index >= 15 is 0 Å². The molecule has 0 unspecified atom stereocenters. The van der Waals surface area contributed by atoms with E-state index < -0.39 is 5.97 Å². The Labute approximate surface area is 178 Å². The van der Waals surface area contributed by atoms with E-state index in [9.17, 15) is 14.4 Å². The van der Waals surface area contributed by atoms with Crippen LogP contribution in [0.5, 0.6) is 0 Å². The van der Waals surface area contributed by atoms with Crippen LogP contribution >= 0.6 is 22.9 Å². The maximum Gasteiger partial charge on any atom is 0.350 e. The lowest BCUT2D eigenvalue weighted by atomic mass is 10.2. The Morgan fingerprint density at radius 2 is 2.00 bits per heavy atom. The predicted molar refractivity (Wildman–Crippen MR) is 113 cm³/mol. The summed E-state index contributed by atoms with van der Waals surface area (Å²) >= 11 is 7.21. The van der Waals surface area contributed by atoms with Crippen LogP contribution in [0.15, 0.2) is 35.7 Å². The molecular formula is C20H22ClN3O4S. The van der Waals surface area contributed by atoms with Gasteiger partial charge in [0.1, 0.15) is 4.88 Å². The molecule has 1 saturated heterocycles. The monoisotopic (exact) mass is 435 g/mol. The van der Waals surface area contributed by atoms with Gasteiger partial charge in [-0.05, 0) is 36.1 Å². The Hall–Kier alpha value is -2.42. The fourth-order valence-corrected chi connectivity index (χ4v) is 4.14. The number of halogens is 1. The lowest BCUT2D eigenvalue weighted by Crippen LogP contribution is -2.38. The van der Waals surface area contributed by atoms with Crippen molar-refractivity contribution in [1.29, 1.82) is 0 Å². The van der Waals surface area contributed by atoms with Crippen LogP contribution in [0.25, 0.3) is 0 Å². The van der Waals surface area contributed by atoms with Crippen LogP contribution in [0.2, 0.25) is 5.02 Å². The Kier molecular flexibility index (Phi) is 7.24. The van der Waals surface area contributed by atoms with Gasteiger partial charge in [-0.25, -0.2) is 4.79 Å². The molecule has 1 aliphatic rings. The van der Waals surface area contributed by atoms with Gasteiger partial charge in [0, 0.05) is 36.8 Å². The van der Waals surface area contributed by atoms with Crippen LogP contribution in [0.3, 0.4) is 0 Å². The third kappa shape index (κ3) is 5.56. The lowest BCUT2D eigenvalue weighted by molar-refractivity contribution is -0.117. The van der Waals surface area contributed by atoms with Crippen LogP contribution in [0, 0.1) is 0 Å². The number of hydrogen-bond acceptors (Lipinski definition) is 6. The zero-order valence-corrected chi connectivity index (χ0v) is 17.6. The minimum atomic E-state index is -0.472. The molecule has 7 nitrogen and oxygen atoms in total. The summed E-state index contributed by atoms with van der Waals surface area (Å²) in [6, 6.07) is 8.60.